The molecule has 1 aromatic rings. The van der Waals surface area contributed by atoms with Crippen molar-refractivity contribution < 1.29 is 4.79 Å². The highest BCUT2D eigenvalue weighted by Gasteiger charge is 2.26. The Bertz CT molecular complexity index is 580. The first kappa shape index (κ1) is 12.4. The minimum absolute atomic E-state index is 0.00740. The fraction of sp³-hybridized carbons (Fsp3) is 0.357. The first-order valence-electron chi connectivity index (χ1n) is 6.44. The van der Waals surface area contributed by atoms with Crippen LogP contribution < -0.4 is 5.32 Å². The number of amides is 1. The Morgan fingerprint density at radius 2 is 2.11 bits per heavy atom. The summed E-state index contributed by atoms with van der Waals surface area (Å²) in [5.41, 5.74) is 3.55. The van der Waals surface area contributed by atoms with E-state index in [9.17, 15) is 4.79 Å². The summed E-state index contributed by atoms with van der Waals surface area (Å²) in [4.78, 5) is 11.4. The Labute approximate surface area is 116 Å². The van der Waals surface area contributed by atoms with Crippen LogP contribution in [0.3, 0.4) is 0 Å². The monoisotopic (exact) mass is 273 g/mol. The standard InChI is InChI=1S/C14H15N3OS/c1-9-13(18)15-14(19-9)17-16-12-8-4-6-10-5-2-3-7-11(10)12/h2-3,5,7,9H,4,6,8H2,1H3,(H,15,17,18)/t9-/m1/s1. The molecule has 1 fully saturated rings. The highest BCUT2D eigenvalue weighted by atomic mass is 32.2. The van der Waals surface area contributed by atoms with Gasteiger partial charge in [-0.15, -0.1) is 5.10 Å². The predicted molar refractivity (Wildman–Crippen MR) is 78.5 cm³/mol. The summed E-state index contributed by atoms with van der Waals surface area (Å²) < 4.78 is 0. The van der Waals surface area contributed by atoms with Gasteiger partial charge in [-0.25, -0.2) is 0 Å². The number of thioether (sulfide) groups is 1. The number of hydrogen-bond donors (Lipinski definition) is 1. The zero-order valence-corrected chi connectivity index (χ0v) is 11.5. The summed E-state index contributed by atoms with van der Waals surface area (Å²) in [6.45, 7) is 1.87. The molecule has 0 spiro atoms. The van der Waals surface area contributed by atoms with Crippen LogP contribution in [0.5, 0.6) is 0 Å². The number of carbonyl (C=O) groups is 1. The maximum Gasteiger partial charge on any atom is 0.239 e. The molecule has 4 nitrogen and oxygen atoms in total. The Morgan fingerprint density at radius 1 is 1.26 bits per heavy atom. The number of amidine groups is 1. The van der Waals surface area contributed by atoms with Crippen LogP contribution in [-0.2, 0) is 11.2 Å². The van der Waals surface area contributed by atoms with Gasteiger partial charge >= 0.3 is 0 Å². The molecule has 98 valence electrons. The van der Waals surface area contributed by atoms with Crippen LogP contribution in [0.25, 0.3) is 0 Å². The van der Waals surface area contributed by atoms with Crippen molar-refractivity contribution in [3.63, 3.8) is 0 Å². The van der Waals surface area contributed by atoms with E-state index in [4.69, 9.17) is 0 Å². The van der Waals surface area contributed by atoms with Crippen molar-refractivity contribution in [1.29, 1.82) is 0 Å². The number of benzene rings is 1. The van der Waals surface area contributed by atoms with E-state index < -0.39 is 0 Å². The van der Waals surface area contributed by atoms with E-state index in [1.165, 1.54) is 22.9 Å². The summed E-state index contributed by atoms with van der Waals surface area (Å²) >= 11 is 1.43. The molecule has 0 aromatic heterocycles. The summed E-state index contributed by atoms with van der Waals surface area (Å²) in [5.74, 6) is 0.00740. The average molecular weight is 273 g/mol. The molecule has 1 aliphatic heterocycles. The van der Waals surface area contributed by atoms with Gasteiger partial charge in [-0.3, -0.25) is 4.79 Å². The number of fused-ring (bicyclic) bond motifs is 1. The zero-order valence-electron chi connectivity index (χ0n) is 10.7. The van der Waals surface area contributed by atoms with Crippen LogP contribution in [0.2, 0.25) is 0 Å². The van der Waals surface area contributed by atoms with Crippen LogP contribution in [0, 0.1) is 0 Å². The van der Waals surface area contributed by atoms with Gasteiger partial charge < -0.3 is 5.32 Å². The van der Waals surface area contributed by atoms with Gasteiger partial charge in [-0.2, -0.15) is 5.10 Å². The van der Waals surface area contributed by atoms with Crippen molar-refractivity contribution in [2.24, 2.45) is 10.2 Å². The highest BCUT2D eigenvalue weighted by Crippen LogP contribution is 2.22. The van der Waals surface area contributed by atoms with Gasteiger partial charge in [-0.1, -0.05) is 36.0 Å². The summed E-state index contributed by atoms with van der Waals surface area (Å²) in [6, 6.07) is 8.32. The van der Waals surface area contributed by atoms with E-state index in [1.807, 2.05) is 13.0 Å². The van der Waals surface area contributed by atoms with Crippen molar-refractivity contribution in [2.75, 3.05) is 0 Å². The van der Waals surface area contributed by atoms with Crippen LogP contribution in [-0.4, -0.2) is 22.0 Å². The van der Waals surface area contributed by atoms with Gasteiger partial charge in [0.15, 0.2) is 5.17 Å². The van der Waals surface area contributed by atoms with Crippen molar-refractivity contribution in [3.8, 4) is 0 Å². The largest absolute Gasteiger partial charge is 0.303 e. The third-order valence-corrected chi connectivity index (χ3v) is 4.31. The predicted octanol–water partition coefficient (Wildman–Crippen LogP) is 2.33. The lowest BCUT2D eigenvalue weighted by Crippen LogP contribution is -2.23. The topological polar surface area (TPSA) is 53.8 Å². The Morgan fingerprint density at radius 3 is 2.89 bits per heavy atom. The molecule has 2 aliphatic rings. The van der Waals surface area contributed by atoms with E-state index in [1.54, 1.807) is 0 Å². The molecule has 0 bridgehead atoms. The first-order chi connectivity index (χ1) is 9.24. The molecule has 1 amide bonds. The second-order valence-electron chi connectivity index (χ2n) is 4.71. The molecular weight excluding hydrogens is 258 g/mol. The molecule has 1 atom stereocenters. The van der Waals surface area contributed by atoms with E-state index in [0.717, 1.165) is 25.0 Å². The van der Waals surface area contributed by atoms with Crippen molar-refractivity contribution in [2.45, 2.75) is 31.4 Å². The molecule has 0 radical (unpaired) electrons. The molecule has 1 aliphatic carbocycles. The van der Waals surface area contributed by atoms with Gasteiger partial charge in [0.05, 0.1) is 11.0 Å². The van der Waals surface area contributed by atoms with Gasteiger partial charge in [0.25, 0.3) is 0 Å². The molecular formula is C14H15N3OS. The second kappa shape index (κ2) is 5.17. The number of nitrogens with zero attached hydrogens (tertiary/aromatic N) is 2. The maximum atomic E-state index is 11.4. The minimum atomic E-state index is -0.0717. The van der Waals surface area contributed by atoms with Crippen molar-refractivity contribution in [1.82, 2.24) is 5.32 Å². The van der Waals surface area contributed by atoms with Crippen LogP contribution in [0.15, 0.2) is 34.5 Å². The molecule has 1 aromatic carbocycles. The molecule has 3 rings (SSSR count). The van der Waals surface area contributed by atoms with E-state index in [0.29, 0.717) is 5.17 Å². The average Bonchev–Trinajstić information content (AvgIpc) is 2.75. The van der Waals surface area contributed by atoms with Gasteiger partial charge in [0.1, 0.15) is 0 Å². The summed E-state index contributed by atoms with van der Waals surface area (Å²) in [5, 5.41) is 11.8. The highest BCUT2D eigenvalue weighted by molar-refractivity contribution is 8.15. The maximum absolute atomic E-state index is 11.4. The first-order valence-corrected chi connectivity index (χ1v) is 7.32. The van der Waals surface area contributed by atoms with Gasteiger partial charge in [0, 0.05) is 5.56 Å². The van der Waals surface area contributed by atoms with Gasteiger partial charge in [0.2, 0.25) is 5.91 Å². The lowest BCUT2D eigenvalue weighted by atomic mass is 9.90. The molecule has 19 heavy (non-hydrogen) atoms. The number of hydrogen-bond acceptors (Lipinski definition) is 4. The van der Waals surface area contributed by atoms with Crippen LogP contribution in [0.4, 0.5) is 0 Å². The third kappa shape index (κ3) is 2.56. The molecule has 0 unspecified atom stereocenters. The quantitative estimate of drug-likeness (QED) is 0.798. The molecule has 1 N–H and O–H groups in total. The Balaban J connectivity index is 1.86. The number of rotatable bonds is 1. The minimum Gasteiger partial charge on any atom is -0.303 e. The summed E-state index contributed by atoms with van der Waals surface area (Å²) in [6.07, 6.45) is 3.16. The lowest BCUT2D eigenvalue weighted by molar-refractivity contribution is -0.118. The third-order valence-electron chi connectivity index (χ3n) is 3.34. The fourth-order valence-electron chi connectivity index (χ4n) is 2.32. The SMILES string of the molecule is C[C@H]1S/C(=N\N=C2CCCc3ccccc32)NC1=O. The number of nitrogens with one attached hydrogen (secondary N) is 1. The molecule has 5 heteroatoms. The lowest BCUT2D eigenvalue weighted by Gasteiger charge is -2.16. The second-order valence-corrected chi connectivity index (χ2v) is 6.04. The van der Waals surface area contributed by atoms with E-state index in [2.05, 4.69) is 33.7 Å². The van der Waals surface area contributed by atoms with Gasteiger partial charge in [-0.05, 0) is 31.7 Å². The molecule has 1 heterocycles. The fourth-order valence-corrected chi connectivity index (χ4v) is 3.06. The van der Waals surface area contributed by atoms with E-state index in [-0.39, 0.29) is 11.2 Å². The summed E-state index contributed by atoms with van der Waals surface area (Å²) in [7, 11) is 0. The normalized spacial score (nSPS) is 26.6. The number of aryl methyl sites for hydroxylation is 1. The Kier molecular flexibility index (Phi) is 3.38. The van der Waals surface area contributed by atoms with Crippen LogP contribution in [0.1, 0.15) is 30.9 Å². The zero-order chi connectivity index (χ0) is 13.2. The Hall–Kier alpha value is -1.62. The number of carbonyl (C=O) groups excluding carboxylic acids is 1. The van der Waals surface area contributed by atoms with Crippen LogP contribution >= 0.6 is 11.8 Å². The molecule has 0 saturated carbocycles. The van der Waals surface area contributed by atoms with E-state index >= 15 is 0 Å². The molecule has 1 saturated heterocycles. The van der Waals surface area contributed by atoms with Crippen molar-refractivity contribution >= 4 is 28.5 Å². The van der Waals surface area contributed by atoms with Crippen molar-refractivity contribution in [3.05, 3.63) is 35.4 Å². The smallest absolute Gasteiger partial charge is 0.239 e.